The lowest BCUT2D eigenvalue weighted by molar-refractivity contribution is -0.205. The number of imidazole rings is 1. The van der Waals surface area contributed by atoms with E-state index >= 15 is 0 Å². The number of esters is 1. The van der Waals surface area contributed by atoms with Gasteiger partial charge in [0.15, 0.2) is 11.5 Å². The number of halogens is 4. The Morgan fingerprint density at radius 1 is 1.26 bits per heavy atom. The van der Waals surface area contributed by atoms with Crippen LogP contribution in [0.5, 0.6) is 5.75 Å². The van der Waals surface area contributed by atoms with Crippen molar-refractivity contribution < 1.29 is 27.4 Å². The fourth-order valence-electron chi connectivity index (χ4n) is 3.38. The minimum Gasteiger partial charge on any atom is -0.456 e. The quantitative estimate of drug-likeness (QED) is 0.276. The van der Waals surface area contributed by atoms with E-state index in [1.807, 2.05) is 0 Å². The van der Waals surface area contributed by atoms with Crippen molar-refractivity contribution in [3.63, 3.8) is 0 Å². The molecule has 0 saturated heterocycles. The van der Waals surface area contributed by atoms with Crippen molar-refractivity contribution in [3.05, 3.63) is 53.3 Å². The van der Waals surface area contributed by atoms with Gasteiger partial charge in [0, 0.05) is 21.7 Å². The van der Waals surface area contributed by atoms with Crippen LogP contribution in [-0.4, -0.2) is 49.1 Å². The van der Waals surface area contributed by atoms with Gasteiger partial charge in [-0.2, -0.15) is 23.4 Å². The molecule has 0 radical (unpaired) electrons. The molecule has 0 amide bonds. The molecule has 4 aromatic rings. The molecule has 35 heavy (non-hydrogen) atoms. The highest BCUT2D eigenvalue weighted by Gasteiger charge is 2.41. The number of hydrogen-bond acceptors (Lipinski definition) is 9. The second kappa shape index (κ2) is 9.70. The molecule has 1 unspecified atom stereocenters. The van der Waals surface area contributed by atoms with Crippen molar-refractivity contribution in [3.8, 4) is 16.9 Å². The average molecular weight is 508 g/mol. The fourth-order valence-corrected chi connectivity index (χ4v) is 3.60. The smallest absolute Gasteiger partial charge is 0.456 e. The third-order valence-electron chi connectivity index (χ3n) is 5.04. The number of fused-ring (bicyclic) bond motifs is 1. The summed E-state index contributed by atoms with van der Waals surface area (Å²) in [7, 11) is 0. The number of carbonyl (C=O) groups excluding carboxylic acids is 1. The number of alkyl halides is 3. The van der Waals surface area contributed by atoms with Crippen LogP contribution in [0.4, 0.5) is 19.0 Å². The van der Waals surface area contributed by atoms with E-state index < -0.39 is 25.0 Å². The molecule has 1 atom stereocenters. The third-order valence-corrected chi connectivity index (χ3v) is 5.43. The van der Waals surface area contributed by atoms with E-state index in [-0.39, 0.29) is 5.75 Å². The van der Waals surface area contributed by atoms with Gasteiger partial charge in [-0.3, -0.25) is 0 Å². The van der Waals surface area contributed by atoms with E-state index in [9.17, 15) is 18.0 Å². The van der Waals surface area contributed by atoms with Gasteiger partial charge < -0.3 is 19.8 Å². The first-order valence-corrected chi connectivity index (χ1v) is 10.4. The number of rotatable bonds is 7. The van der Waals surface area contributed by atoms with Crippen molar-refractivity contribution in [2.75, 3.05) is 12.1 Å². The van der Waals surface area contributed by atoms with Crippen LogP contribution >= 0.6 is 11.6 Å². The maximum Gasteiger partial charge on any atom is 0.491 e. The molecule has 182 valence electrons. The maximum atomic E-state index is 12.6. The van der Waals surface area contributed by atoms with Gasteiger partial charge in [0.05, 0.1) is 24.8 Å². The Balaban J connectivity index is 1.75. The minimum absolute atomic E-state index is 0.141. The minimum atomic E-state index is -5.16. The standard InChI is InChI=1S/C21H17ClF3N7O3/c1-10-14(22)5-13(11(2)32-19-16-18(27-7-26-16)28-8-29-19)17(15(10)12-3-4-30-31-6-12)34-9-35-20(33)21(23,24)25/h3-8,11H,9H2,1-2H3,(H2,26,27,28,29,32). The molecule has 0 fully saturated rings. The number of hydrogen-bond donors (Lipinski definition) is 2. The number of aromatic amines is 1. The summed E-state index contributed by atoms with van der Waals surface area (Å²) in [4.78, 5) is 26.6. The lowest BCUT2D eigenvalue weighted by Gasteiger charge is -2.23. The summed E-state index contributed by atoms with van der Waals surface area (Å²) < 4.78 is 47.7. The summed E-state index contributed by atoms with van der Waals surface area (Å²) in [5.74, 6) is -1.82. The SMILES string of the molecule is Cc1c(Cl)cc(C(C)Nc2ncnc3[nH]cnc23)c(OCOC(=O)C(F)(F)F)c1-c1ccnnc1. The highest BCUT2D eigenvalue weighted by atomic mass is 35.5. The van der Waals surface area contributed by atoms with Crippen molar-refractivity contribution in [2.45, 2.75) is 26.1 Å². The van der Waals surface area contributed by atoms with E-state index in [1.54, 1.807) is 26.0 Å². The van der Waals surface area contributed by atoms with Crippen LogP contribution in [0, 0.1) is 6.92 Å². The first-order chi connectivity index (χ1) is 16.7. The zero-order valence-corrected chi connectivity index (χ0v) is 19.0. The first kappa shape index (κ1) is 24.1. The van der Waals surface area contributed by atoms with Gasteiger partial charge >= 0.3 is 12.1 Å². The van der Waals surface area contributed by atoms with Crippen LogP contribution in [-0.2, 0) is 9.53 Å². The van der Waals surface area contributed by atoms with Crippen LogP contribution in [0.2, 0.25) is 5.02 Å². The Bertz CT molecular complexity index is 1370. The van der Waals surface area contributed by atoms with Crippen LogP contribution in [0.15, 0.2) is 37.2 Å². The summed E-state index contributed by atoms with van der Waals surface area (Å²) in [6, 6.07) is 2.71. The predicted octanol–water partition coefficient (Wildman–Crippen LogP) is 4.39. The second-order valence-corrected chi connectivity index (χ2v) is 7.69. The van der Waals surface area contributed by atoms with Crippen molar-refractivity contribution >= 4 is 34.6 Å². The maximum absolute atomic E-state index is 12.6. The topological polar surface area (TPSA) is 128 Å². The van der Waals surface area contributed by atoms with Gasteiger partial charge in [0.2, 0.25) is 6.79 Å². The first-order valence-electron chi connectivity index (χ1n) is 10.0. The van der Waals surface area contributed by atoms with Gasteiger partial charge in [0.25, 0.3) is 0 Å². The van der Waals surface area contributed by atoms with E-state index in [2.05, 4.69) is 40.2 Å². The third kappa shape index (κ3) is 5.09. The number of carbonyl (C=O) groups is 1. The fraction of sp³-hybridized carbons (Fsp3) is 0.238. The Morgan fingerprint density at radius 3 is 2.77 bits per heavy atom. The summed E-state index contributed by atoms with van der Waals surface area (Å²) in [6.07, 6.45) is 0.555. The van der Waals surface area contributed by atoms with Crippen LogP contribution in [0.3, 0.4) is 0 Å². The Morgan fingerprint density at radius 2 is 2.06 bits per heavy atom. The highest BCUT2D eigenvalue weighted by molar-refractivity contribution is 6.32. The molecule has 0 saturated carbocycles. The molecule has 3 heterocycles. The van der Waals surface area contributed by atoms with E-state index in [1.165, 1.54) is 25.0 Å². The highest BCUT2D eigenvalue weighted by Crippen LogP contribution is 2.43. The number of nitrogens with one attached hydrogen (secondary N) is 2. The monoisotopic (exact) mass is 507 g/mol. The van der Waals surface area contributed by atoms with E-state index in [0.29, 0.717) is 44.3 Å². The molecule has 14 heteroatoms. The number of nitrogens with zero attached hydrogens (tertiary/aromatic N) is 5. The zero-order valence-electron chi connectivity index (χ0n) is 18.2. The molecule has 0 aliphatic heterocycles. The van der Waals surface area contributed by atoms with Gasteiger partial charge in [-0.15, -0.1) is 0 Å². The molecule has 0 aliphatic carbocycles. The molecule has 2 N–H and O–H groups in total. The summed E-state index contributed by atoms with van der Waals surface area (Å²) in [5.41, 5.74) is 3.02. The lowest BCUT2D eigenvalue weighted by atomic mass is 9.95. The molecular formula is C21H17ClF3N7O3. The van der Waals surface area contributed by atoms with Gasteiger partial charge in [-0.05, 0) is 31.5 Å². The summed E-state index contributed by atoms with van der Waals surface area (Å²) in [6.45, 7) is 2.50. The molecule has 0 aliphatic rings. The predicted molar refractivity (Wildman–Crippen MR) is 119 cm³/mol. The van der Waals surface area contributed by atoms with E-state index in [4.69, 9.17) is 16.3 Å². The average Bonchev–Trinajstić information content (AvgIpc) is 3.31. The van der Waals surface area contributed by atoms with Gasteiger partial charge in [-0.25, -0.2) is 19.7 Å². The zero-order chi connectivity index (χ0) is 25.2. The molecular weight excluding hydrogens is 491 g/mol. The van der Waals surface area contributed by atoms with Crippen LogP contribution in [0.25, 0.3) is 22.3 Å². The van der Waals surface area contributed by atoms with Crippen molar-refractivity contribution in [2.24, 2.45) is 0 Å². The Hall–Kier alpha value is -4.00. The summed E-state index contributed by atoms with van der Waals surface area (Å²) in [5, 5.41) is 11.2. The number of anilines is 1. The second-order valence-electron chi connectivity index (χ2n) is 7.29. The Kier molecular flexibility index (Phi) is 6.69. The summed E-state index contributed by atoms with van der Waals surface area (Å²) >= 11 is 6.51. The molecule has 0 spiro atoms. The number of H-pyrrole nitrogens is 1. The number of benzene rings is 1. The number of ether oxygens (including phenoxy) is 2. The molecule has 0 bridgehead atoms. The molecule has 10 nitrogen and oxygen atoms in total. The van der Waals surface area contributed by atoms with Gasteiger partial charge in [0.1, 0.15) is 17.6 Å². The van der Waals surface area contributed by atoms with Gasteiger partial charge in [-0.1, -0.05) is 11.6 Å². The van der Waals surface area contributed by atoms with E-state index in [0.717, 1.165) is 0 Å². The largest absolute Gasteiger partial charge is 0.491 e. The van der Waals surface area contributed by atoms with Crippen LogP contribution in [0.1, 0.15) is 24.1 Å². The van der Waals surface area contributed by atoms with Crippen molar-refractivity contribution in [1.29, 1.82) is 0 Å². The molecule has 4 rings (SSSR count). The number of aromatic nitrogens is 6. The van der Waals surface area contributed by atoms with Crippen LogP contribution < -0.4 is 10.1 Å². The lowest BCUT2D eigenvalue weighted by Crippen LogP contribution is -2.27. The molecule has 1 aromatic carbocycles. The Labute approximate surface area is 200 Å². The normalized spacial score (nSPS) is 12.4. The molecule has 3 aromatic heterocycles. The van der Waals surface area contributed by atoms with Crippen molar-refractivity contribution in [1.82, 2.24) is 30.1 Å².